The van der Waals surface area contributed by atoms with Crippen molar-refractivity contribution in [3.63, 3.8) is 0 Å². The van der Waals surface area contributed by atoms with Gasteiger partial charge in [0.2, 0.25) is 11.8 Å². The van der Waals surface area contributed by atoms with Gasteiger partial charge in [-0.25, -0.2) is 0 Å². The maximum absolute atomic E-state index is 12.1. The minimum Gasteiger partial charge on any atom is -0.481 e. The van der Waals surface area contributed by atoms with Gasteiger partial charge in [-0.1, -0.05) is 12.8 Å². The second-order valence-electron chi connectivity index (χ2n) is 4.77. The Balaban J connectivity index is 2.03. The van der Waals surface area contributed by atoms with Gasteiger partial charge in [0.1, 0.15) is 6.04 Å². The highest BCUT2D eigenvalue weighted by Gasteiger charge is 2.34. The maximum atomic E-state index is 12.1. The van der Waals surface area contributed by atoms with Crippen molar-refractivity contribution >= 4 is 17.4 Å². The number of nitrogens with zero attached hydrogens (tertiary/aromatic N) is 2. The quantitative estimate of drug-likeness (QED) is 0.822. The molecule has 3 rings (SSSR count). The van der Waals surface area contributed by atoms with E-state index in [9.17, 15) is 4.79 Å². The lowest BCUT2D eigenvalue weighted by molar-refractivity contribution is -0.117. The van der Waals surface area contributed by atoms with Crippen LogP contribution in [0.5, 0.6) is 5.88 Å². The van der Waals surface area contributed by atoms with Crippen LogP contribution in [0.15, 0.2) is 12.1 Å². The van der Waals surface area contributed by atoms with Crippen molar-refractivity contribution < 1.29 is 9.53 Å². The maximum Gasteiger partial charge on any atom is 0.247 e. The fourth-order valence-corrected chi connectivity index (χ4v) is 2.71. The van der Waals surface area contributed by atoms with Crippen molar-refractivity contribution in [3.05, 3.63) is 12.1 Å². The number of carbonyl (C=O) groups is 1. The smallest absolute Gasteiger partial charge is 0.247 e. The molecule has 0 bridgehead atoms. The molecule has 1 saturated heterocycles. The van der Waals surface area contributed by atoms with Crippen LogP contribution in [0.25, 0.3) is 0 Å². The fraction of sp³-hybridized carbons (Fsp3) is 0.538. The summed E-state index contributed by atoms with van der Waals surface area (Å²) in [5.74, 6) is 1.53. The monoisotopic (exact) mass is 247 g/mol. The molecule has 0 radical (unpaired) electrons. The molecule has 1 atom stereocenters. The standard InChI is InChI=1S/C13H17N3O2/c1-18-11-7-6-9-12(15-11)16-8-4-2-3-5-10(16)13(17)14-9/h6-7,10H,2-5,8H2,1H3,(H,14,17). The molecule has 1 aromatic heterocycles. The molecule has 96 valence electrons. The molecule has 1 N–H and O–H groups in total. The average Bonchev–Trinajstić information content (AvgIpc) is 2.65. The van der Waals surface area contributed by atoms with E-state index in [-0.39, 0.29) is 11.9 Å². The van der Waals surface area contributed by atoms with E-state index in [1.807, 2.05) is 6.07 Å². The van der Waals surface area contributed by atoms with Crippen molar-refractivity contribution in [2.75, 3.05) is 23.9 Å². The molecule has 2 aliphatic rings. The molecule has 5 heteroatoms. The Morgan fingerprint density at radius 2 is 2.28 bits per heavy atom. The fourth-order valence-electron chi connectivity index (χ4n) is 2.71. The molecule has 0 spiro atoms. The van der Waals surface area contributed by atoms with E-state index >= 15 is 0 Å². The summed E-state index contributed by atoms with van der Waals surface area (Å²) in [5, 5.41) is 2.94. The number of hydrogen-bond donors (Lipinski definition) is 1. The topological polar surface area (TPSA) is 54.5 Å². The Morgan fingerprint density at radius 1 is 1.39 bits per heavy atom. The highest BCUT2D eigenvalue weighted by Crippen LogP contribution is 2.34. The van der Waals surface area contributed by atoms with Crippen molar-refractivity contribution in [3.8, 4) is 5.88 Å². The number of fused-ring (bicyclic) bond motifs is 3. The number of aromatic nitrogens is 1. The number of pyridine rings is 1. The lowest BCUT2D eigenvalue weighted by Crippen LogP contribution is -2.48. The predicted octanol–water partition coefficient (Wildman–Crippen LogP) is 1.79. The van der Waals surface area contributed by atoms with Crippen molar-refractivity contribution in [1.29, 1.82) is 0 Å². The molecule has 0 saturated carbocycles. The molecule has 1 aromatic rings. The number of rotatable bonds is 1. The normalized spacial score (nSPS) is 22.6. The van der Waals surface area contributed by atoms with Crippen molar-refractivity contribution in [2.45, 2.75) is 31.7 Å². The molecule has 2 aliphatic heterocycles. The number of ether oxygens (including phenoxy) is 1. The largest absolute Gasteiger partial charge is 0.481 e. The first kappa shape index (κ1) is 11.3. The van der Waals surface area contributed by atoms with Gasteiger partial charge in [0.25, 0.3) is 0 Å². The van der Waals surface area contributed by atoms with Crippen LogP contribution in [0.4, 0.5) is 11.5 Å². The predicted molar refractivity (Wildman–Crippen MR) is 69.0 cm³/mol. The highest BCUT2D eigenvalue weighted by atomic mass is 16.5. The SMILES string of the molecule is COc1ccc2c(n1)N1CCCCCC1C(=O)N2. The summed E-state index contributed by atoms with van der Waals surface area (Å²) in [5.41, 5.74) is 0.791. The van der Waals surface area contributed by atoms with Crippen LogP contribution in [0.3, 0.4) is 0 Å². The third-order valence-electron chi connectivity index (χ3n) is 3.64. The Kier molecular flexibility index (Phi) is 2.81. The number of hydrogen-bond acceptors (Lipinski definition) is 4. The van der Waals surface area contributed by atoms with Crippen LogP contribution in [0, 0.1) is 0 Å². The molecule has 5 nitrogen and oxygen atoms in total. The highest BCUT2D eigenvalue weighted by molar-refractivity contribution is 6.02. The average molecular weight is 247 g/mol. The van der Waals surface area contributed by atoms with Crippen molar-refractivity contribution in [1.82, 2.24) is 4.98 Å². The Hall–Kier alpha value is -1.78. The molecule has 18 heavy (non-hydrogen) atoms. The van der Waals surface area contributed by atoms with Gasteiger partial charge in [0.15, 0.2) is 5.82 Å². The lowest BCUT2D eigenvalue weighted by atomic mass is 10.1. The molecular weight excluding hydrogens is 230 g/mol. The van der Waals surface area contributed by atoms with Crippen LogP contribution in [-0.2, 0) is 4.79 Å². The molecule has 3 heterocycles. The van der Waals surface area contributed by atoms with Crippen molar-refractivity contribution in [2.24, 2.45) is 0 Å². The van der Waals surface area contributed by atoms with E-state index in [0.29, 0.717) is 5.88 Å². The Bertz CT molecular complexity index is 475. The zero-order chi connectivity index (χ0) is 12.5. The Morgan fingerprint density at radius 3 is 3.11 bits per heavy atom. The third kappa shape index (κ3) is 1.79. The number of anilines is 2. The van der Waals surface area contributed by atoms with E-state index in [1.165, 1.54) is 6.42 Å². The van der Waals surface area contributed by atoms with Gasteiger partial charge in [-0.3, -0.25) is 4.79 Å². The van der Waals surface area contributed by atoms with Crippen LogP contribution in [-0.4, -0.2) is 30.6 Å². The van der Waals surface area contributed by atoms with Crippen LogP contribution in [0.1, 0.15) is 25.7 Å². The van der Waals surface area contributed by atoms with E-state index in [2.05, 4.69) is 15.2 Å². The van der Waals surface area contributed by atoms with Gasteiger partial charge >= 0.3 is 0 Å². The minimum atomic E-state index is -0.0698. The summed E-state index contributed by atoms with van der Waals surface area (Å²) in [4.78, 5) is 18.7. The summed E-state index contributed by atoms with van der Waals surface area (Å²) in [7, 11) is 1.61. The van der Waals surface area contributed by atoms with Gasteiger partial charge in [0.05, 0.1) is 12.8 Å². The number of amides is 1. The first-order valence-electron chi connectivity index (χ1n) is 6.42. The molecular formula is C13H17N3O2. The summed E-state index contributed by atoms with van der Waals surface area (Å²) in [6.45, 7) is 0.894. The molecule has 1 unspecified atom stereocenters. The van der Waals surface area contributed by atoms with Crippen LogP contribution < -0.4 is 15.0 Å². The first-order valence-corrected chi connectivity index (χ1v) is 6.42. The lowest BCUT2D eigenvalue weighted by Gasteiger charge is -2.35. The van der Waals surface area contributed by atoms with Gasteiger partial charge in [-0.2, -0.15) is 4.98 Å². The van der Waals surface area contributed by atoms with E-state index < -0.39 is 0 Å². The Labute approximate surface area is 106 Å². The summed E-state index contributed by atoms with van der Waals surface area (Å²) in [6, 6.07) is 3.57. The summed E-state index contributed by atoms with van der Waals surface area (Å²) in [6.07, 6.45) is 4.31. The second kappa shape index (κ2) is 4.48. The van der Waals surface area contributed by atoms with Gasteiger partial charge < -0.3 is 15.0 Å². The number of nitrogens with one attached hydrogen (secondary N) is 1. The van der Waals surface area contributed by atoms with Gasteiger partial charge in [-0.05, 0) is 18.9 Å². The first-order chi connectivity index (χ1) is 8.79. The van der Waals surface area contributed by atoms with E-state index in [1.54, 1.807) is 13.2 Å². The summed E-state index contributed by atoms with van der Waals surface area (Å²) < 4.78 is 5.17. The van der Waals surface area contributed by atoms with Crippen LogP contribution in [0.2, 0.25) is 0 Å². The molecule has 1 amide bonds. The summed E-state index contributed by atoms with van der Waals surface area (Å²) >= 11 is 0. The molecule has 0 aliphatic carbocycles. The van der Waals surface area contributed by atoms with Crippen LogP contribution >= 0.6 is 0 Å². The zero-order valence-electron chi connectivity index (χ0n) is 10.5. The molecule has 0 aromatic carbocycles. The third-order valence-corrected chi connectivity index (χ3v) is 3.64. The number of methoxy groups -OCH3 is 1. The van der Waals surface area contributed by atoms with E-state index in [4.69, 9.17) is 4.74 Å². The second-order valence-corrected chi connectivity index (χ2v) is 4.77. The van der Waals surface area contributed by atoms with E-state index in [0.717, 1.165) is 37.3 Å². The van der Waals surface area contributed by atoms with Gasteiger partial charge in [0, 0.05) is 12.6 Å². The zero-order valence-corrected chi connectivity index (χ0v) is 10.5. The number of carbonyl (C=O) groups excluding carboxylic acids is 1. The van der Waals surface area contributed by atoms with Gasteiger partial charge in [-0.15, -0.1) is 0 Å². The minimum absolute atomic E-state index is 0.0698. The molecule has 1 fully saturated rings.